The maximum absolute atomic E-state index is 12.0. The molecule has 0 aromatic carbocycles. The van der Waals surface area contributed by atoms with Crippen LogP contribution in [0.1, 0.15) is 31.2 Å². The Hall–Kier alpha value is -1.37. The molecule has 2 N–H and O–H groups in total. The van der Waals surface area contributed by atoms with E-state index in [4.69, 9.17) is 14.6 Å². The zero-order valence-corrected chi connectivity index (χ0v) is 13.8. The summed E-state index contributed by atoms with van der Waals surface area (Å²) in [5.41, 5.74) is 1.15. The second-order valence-electron chi connectivity index (χ2n) is 5.16. The van der Waals surface area contributed by atoms with Gasteiger partial charge in [0.05, 0.1) is 0 Å². The number of ether oxygens (including phenoxy) is 2. The van der Waals surface area contributed by atoms with E-state index >= 15 is 0 Å². The fourth-order valence-corrected chi connectivity index (χ4v) is 3.44. The number of carbonyl (C=O) groups excluding carboxylic acids is 1. The molecule has 0 fully saturated rings. The molecule has 0 saturated carbocycles. The van der Waals surface area contributed by atoms with Crippen molar-refractivity contribution >= 4 is 17.2 Å². The van der Waals surface area contributed by atoms with Crippen LogP contribution in [0.4, 0.5) is 0 Å². The predicted molar refractivity (Wildman–Crippen MR) is 85.5 cm³/mol. The van der Waals surface area contributed by atoms with Crippen LogP contribution in [0.5, 0.6) is 0 Å². The zero-order valence-electron chi connectivity index (χ0n) is 13.0. The Kier molecular flexibility index (Phi) is 6.42. The lowest BCUT2D eigenvalue weighted by Gasteiger charge is -2.36. The molecule has 1 aliphatic rings. The van der Waals surface area contributed by atoms with E-state index in [1.165, 1.54) is 0 Å². The fraction of sp³-hybridized carbons (Fsp3) is 0.562. The predicted octanol–water partition coefficient (Wildman–Crippen LogP) is 2.24. The number of carbonyl (C=O) groups is 1. The number of rotatable bonds is 7. The van der Waals surface area contributed by atoms with E-state index in [1.54, 1.807) is 18.4 Å². The molecule has 2 heterocycles. The third kappa shape index (κ3) is 3.88. The number of nitrogens with one attached hydrogen (secondary N) is 1. The van der Waals surface area contributed by atoms with Crippen LogP contribution >= 0.6 is 11.3 Å². The van der Waals surface area contributed by atoms with Gasteiger partial charge in [0.2, 0.25) is 6.29 Å². The van der Waals surface area contributed by atoms with Crippen molar-refractivity contribution < 1.29 is 19.4 Å². The van der Waals surface area contributed by atoms with E-state index in [0.717, 1.165) is 12.0 Å². The molecule has 3 atom stereocenters. The van der Waals surface area contributed by atoms with Crippen LogP contribution in [0.15, 0.2) is 28.7 Å². The highest BCUT2D eigenvalue weighted by atomic mass is 32.1. The molecule has 122 valence electrons. The first-order valence-electron chi connectivity index (χ1n) is 7.56. The Balaban J connectivity index is 2.33. The number of aliphatic hydroxyl groups excluding tert-OH is 1. The molecule has 6 heteroatoms. The smallest absolute Gasteiger partial charge is 0.285 e. The van der Waals surface area contributed by atoms with E-state index in [2.05, 4.69) is 16.8 Å². The molecule has 0 bridgehead atoms. The van der Waals surface area contributed by atoms with Crippen molar-refractivity contribution in [1.82, 2.24) is 5.32 Å². The molecule has 0 aliphatic carbocycles. The highest BCUT2D eigenvalue weighted by Crippen LogP contribution is 2.39. The summed E-state index contributed by atoms with van der Waals surface area (Å²) in [5.74, 6) is 0.188. The van der Waals surface area contributed by atoms with Crippen LogP contribution in [0.25, 0.3) is 0 Å². The van der Waals surface area contributed by atoms with Crippen molar-refractivity contribution in [3.8, 4) is 0 Å². The number of hydrogen-bond donors (Lipinski definition) is 2. The van der Waals surface area contributed by atoms with Crippen LogP contribution in [-0.2, 0) is 14.3 Å². The minimum atomic E-state index is -0.473. The van der Waals surface area contributed by atoms with Gasteiger partial charge in [-0.25, -0.2) is 0 Å². The van der Waals surface area contributed by atoms with Crippen molar-refractivity contribution in [3.63, 3.8) is 0 Å². The third-order valence-electron chi connectivity index (χ3n) is 3.79. The number of aliphatic hydroxyl groups is 1. The molecule has 1 aliphatic heterocycles. The molecule has 0 saturated heterocycles. The highest BCUT2D eigenvalue weighted by Gasteiger charge is 2.37. The molecule has 0 spiro atoms. The Bertz CT molecular complexity index is 500. The van der Waals surface area contributed by atoms with Crippen LogP contribution in [0.2, 0.25) is 0 Å². The molecule has 1 aromatic heterocycles. The third-order valence-corrected chi connectivity index (χ3v) is 4.49. The average molecular weight is 325 g/mol. The normalized spacial score (nSPS) is 24.5. The Morgan fingerprint density at radius 3 is 2.95 bits per heavy atom. The van der Waals surface area contributed by atoms with Crippen LogP contribution in [0.3, 0.4) is 0 Å². The van der Waals surface area contributed by atoms with Gasteiger partial charge in [-0.1, -0.05) is 0 Å². The van der Waals surface area contributed by atoms with Gasteiger partial charge in [0, 0.05) is 32.1 Å². The summed E-state index contributed by atoms with van der Waals surface area (Å²) in [4.78, 5) is 12.0. The topological polar surface area (TPSA) is 67.8 Å². The van der Waals surface area contributed by atoms with Crippen molar-refractivity contribution in [1.29, 1.82) is 0 Å². The summed E-state index contributed by atoms with van der Waals surface area (Å²) >= 11 is 1.63. The zero-order chi connectivity index (χ0) is 15.9. The van der Waals surface area contributed by atoms with Gasteiger partial charge in [0.1, 0.15) is 0 Å². The van der Waals surface area contributed by atoms with Gasteiger partial charge in [-0.05, 0) is 48.2 Å². The lowest BCUT2D eigenvalue weighted by atomic mass is 9.81. The van der Waals surface area contributed by atoms with Gasteiger partial charge in [0.15, 0.2) is 5.76 Å². The molecule has 1 amide bonds. The molecule has 0 radical (unpaired) electrons. The van der Waals surface area contributed by atoms with Gasteiger partial charge in [-0.2, -0.15) is 11.3 Å². The molecule has 5 nitrogen and oxygen atoms in total. The van der Waals surface area contributed by atoms with Gasteiger partial charge in [-0.15, -0.1) is 0 Å². The second kappa shape index (κ2) is 8.31. The largest absolute Gasteiger partial charge is 0.459 e. The lowest BCUT2D eigenvalue weighted by molar-refractivity contribution is -0.166. The SMILES string of the molecule is CCO[C@H]1OC(C(=O)NC)=C[C@@H](c2ccsc2)[C@@H]1CCCO. The van der Waals surface area contributed by atoms with Gasteiger partial charge >= 0.3 is 0 Å². The Labute approximate surface area is 134 Å². The fourth-order valence-electron chi connectivity index (χ4n) is 2.73. The quantitative estimate of drug-likeness (QED) is 0.807. The number of allylic oxidation sites excluding steroid dienone is 1. The maximum atomic E-state index is 12.0. The van der Waals surface area contributed by atoms with Crippen molar-refractivity contribution in [3.05, 3.63) is 34.2 Å². The monoisotopic (exact) mass is 325 g/mol. The van der Waals surface area contributed by atoms with Crippen molar-refractivity contribution in [2.24, 2.45) is 5.92 Å². The summed E-state index contributed by atoms with van der Waals surface area (Å²) < 4.78 is 11.5. The van der Waals surface area contributed by atoms with Crippen molar-refractivity contribution in [2.45, 2.75) is 32.0 Å². The first kappa shape index (κ1) is 17.0. The second-order valence-corrected chi connectivity index (χ2v) is 5.94. The van der Waals surface area contributed by atoms with Crippen LogP contribution < -0.4 is 5.32 Å². The van der Waals surface area contributed by atoms with E-state index in [-0.39, 0.29) is 24.3 Å². The summed E-state index contributed by atoms with van der Waals surface area (Å²) in [6, 6.07) is 2.06. The molecule has 1 aromatic rings. The number of likely N-dealkylation sites (N-methyl/N-ethyl adjacent to an activating group) is 1. The number of amides is 1. The van der Waals surface area contributed by atoms with E-state index < -0.39 is 6.29 Å². The Morgan fingerprint density at radius 2 is 2.36 bits per heavy atom. The minimum Gasteiger partial charge on any atom is -0.459 e. The standard InChI is InChI=1S/C16H23NO4S/c1-3-20-16-12(5-4-7-18)13(11-6-8-22-10-11)9-14(21-16)15(19)17-2/h6,8-10,12-13,16,18H,3-5,7H2,1-2H3,(H,17,19)/t12-,13-,16-/m0/s1. The molecular formula is C16H23NO4S. The molecule has 2 rings (SSSR count). The van der Waals surface area contributed by atoms with Gasteiger partial charge in [0.25, 0.3) is 5.91 Å². The Morgan fingerprint density at radius 1 is 1.55 bits per heavy atom. The molecule has 22 heavy (non-hydrogen) atoms. The summed E-state index contributed by atoms with van der Waals surface area (Å²) in [6.07, 6.45) is 2.86. The summed E-state index contributed by atoms with van der Waals surface area (Å²) in [7, 11) is 1.58. The summed E-state index contributed by atoms with van der Waals surface area (Å²) in [6.45, 7) is 2.55. The van der Waals surface area contributed by atoms with Gasteiger partial charge < -0.3 is 19.9 Å². The van der Waals surface area contributed by atoms with Crippen molar-refractivity contribution in [2.75, 3.05) is 20.3 Å². The minimum absolute atomic E-state index is 0.0513. The summed E-state index contributed by atoms with van der Waals surface area (Å²) in [5, 5.41) is 15.9. The number of hydrogen-bond acceptors (Lipinski definition) is 5. The molecule has 0 unspecified atom stereocenters. The van der Waals surface area contributed by atoms with Gasteiger partial charge in [-0.3, -0.25) is 4.79 Å². The first-order valence-corrected chi connectivity index (χ1v) is 8.50. The van der Waals surface area contributed by atoms with E-state index in [0.29, 0.717) is 18.8 Å². The van der Waals surface area contributed by atoms with E-state index in [9.17, 15) is 4.79 Å². The molecular weight excluding hydrogens is 302 g/mol. The van der Waals surface area contributed by atoms with Crippen LogP contribution in [0, 0.1) is 5.92 Å². The number of thiophene rings is 1. The van der Waals surface area contributed by atoms with E-state index in [1.807, 2.05) is 18.4 Å². The lowest BCUT2D eigenvalue weighted by Crippen LogP contribution is -2.38. The highest BCUT2D eigenvalue weighted by molar-refractivity contribution is 7.08. The first-order chi connectivity index (χ1) is 10.7. The maximum Gasteiger partial charge on any atom is 0.285 e. The van der Waals surface area contributed by atoms with Crippen LogP contribution in [-0.4, -0.2) is 37.6 Å². The average Bonchev–Trinajstić information content (AvgIpc) is 3.06.